The molecular formula is C19H22N2O4. The van der Waals surface area contributed by atoms with E-state index in [1.54, 1.807) is 7.11 Å². The second-order valence-corrected chi connectivity index (χ2v) is 6.44. The highest BCUT2D eigenvalue weighted by Crippen LogP contribution is 2.35. The number of likely N-dealkylation sites (tertiary alicyclic amines) is 1. The number of para-hydroxylation sites is 1. The summed E-state index contributed by atoms with van der Waals surface area (Å²) < 4.78 is 16.6. The number of hydrogen-bond acceptors (Lipinski definition) is 4. The fourth-order valence-electron chi connectivity index (χ4n) is 3.61. The maximum Gasteiger partial charge on any atom is 0.318 e. The lowest BCUT2D eigenvalue weighted by Gasteiger charge is -2.25. The van der Waals surface area contributed by atoms with Gasteiger partial charge in [-0.2, -0.15) is 0 Å². The predicted octanol–water partition coefficient (Wildman–Crippen LogP) is 3.41. The molecule has 2 amide bonds. The summed E-state index contributed by atoms with van der Waals surface area (Å²) >= 11 is 0. The van der Waals surface area contributed by atoms with Gasteiger partial charge in [0.2, 0.25) is 0 Å². The van der Waals surface area contributed by atoms with Gasteiger partial charge in [0.05, 0.1) is 12.1 Å². The van der Waals surface area contributed by atoms with Gasteiger partial charge in [0, 0.05) is 19.2 Å². The minimum atomic E-state index is -0.106. The summed E-state index contributed by atoms with van der Waals surface area (Å²) in [6.07, 6.45) is 1.88. The third-order valence-electron chi connectivity index (χ3n) is 4.81. The summed E-state index contributed by atoms with van der Waals surface area (Å²) in [5.74, 6) is 2.45. The molecular weight excluding hydrogens is 320 g/mol. The van der Waals surface area contributed by atoms with E-state index < -0.39 is 0 Å². The van der Waals surface area contributed by atoms with Crippen LogP contribution in [0.15, 0.2) is 40.8 Å². The van der Waals surface area contributed by atoms with Crippen molar-refractivity contribution in [1.29, 1.82) is 0 Å². The Labute approximate surface area is 146 Å². The number of methoxy groups -OCH3 is 1. The van der Waals surface area contributed by atoms with E-state index in [1.165, 1.54) is 0 Å². The third kappa shape index (κ3) is 3.09. The number of carbonyl (C=O) groups excluding carboxylic acids is 1. The van der Waals surface area contributed by atoms with E-state index in [0.29, 0.717) is 13.2 Å². The molecule has 2 aliphatic rings. The van der Waals surface area contributed by atoms with Gasteiger partial charge in [0.15, 0.2) is 0 Å². The van der Waals surface area contributed by atoms with Crippen LogP contribution in [0.1, 0.15) is 42.0 Å². The Balaban J connectivity index is 1.46. The molecule has 4 rings (SSSR count). The summed E-state index contributed by atoms with van der Waals surface area (Å²) in [5.41, 5.74) is 1.03. The number of hydrogen-bond donors (Lipinski definition) is 1. The summed E-state index contributed by atoms with van der Waals surface area (Å²) in [6, 6.07) is 11.5. The van der Waals surface area contributed by atoms with Crippen molar-refractivity contribution in [2.75, 3.05) is 20.3 Å². The summed E-state index contributed by atoms with van der Waals surface area (Å²) in [7, 11) is 1.64. The lowest BCUT2D eigenvalue weighted by Crippen LogP contribution is -2.41. The van der Waals surface area contributed by atoms with Crippen LogP contribution >= 0.6 is 0 Å². The number of nitrogens with one attached hydrogen (secondary N) is 1. The van der Waals surface area contributed by atoms with Gasteiger partial charge in [-0.3, -0.25) is 0 Å². The number of fused-ring (bicyclic) bond motifs is 1. The maximum absolute atomic E-state index is 12.8. The Morgan fingerprint density at radius 1 is 1.32 bits per heavy atom. The second-order valence-electron chi connectivity index (χ2n) is 6.44. The average molecular weight is 342 g/mol. The quantitative estimate of drug-likeness (QED) is 0.925. The first kappa shape index (κ1) is 16.0. The lowest BCUT2D eigenvalue weighted by atomic mass is 10.1. The number of urea groups is 1. The standard InChI is InChI=1S/C19H22N2O4/c1-23-11-13-8-9-18(25-13)16-6-4-10-21(16)19(22)20-15-12-24-17-7-3-2-5-14(15)17/h2-3,5,7-9,15-16H,4,6,10-12H2,1H3,(H,20,22)/t15-,16+/m1/s1. The van der Waals surface area contributed by atoms with Crippen LogP contribution in [0, 0.1) is 0 Å². The van der Waals surface area contributed by atoms with Crippen LogP contribution in [0.4, 0.5) is 4.79 Å². The van der Waals surface area contributed by atoms with Crippen molar-refractivity contribution in [3.63, 3.8) is 0 Å². The van der Waals surface area contributed by atoms with Gasteiger partial charge in [-0.05, 0) is 31.0 Å². The van der Waals surface area contributed by atoms with Crippen LogP contribution in [-0.2, 0) is 11.3 Å². The number of rotatable bonds is 4. The highest BCUT2D eigenvalue weighted by molar-refractivity contribution is 5.76. The molecule has 0 radical (unpaired) electrons. The van der Waals surface area contributed by atoms with Gasteiger partial charge in [-0.25, -0.2) is 4.79 Å². The molecule has 1 N–H and O–H groups in total. The monoisotopic (exact) mass is 342 g/mol. The molecule has 3 heterocycles. The first-order chi connectivity index (χ1) is 12.3. The molecule has 1 fully saturated rings. The number of carbonyl (C=O) groups is 1. The fraction of sp³-hybridized carbons (Fsp3) is 0.421. The number of furan rings is 1. The van der Waals surface area contributed by atoms with Crippen LogP contribution in [0.5, 0.6) is 5.75 Å². The Morgan fingerprint density at radius 2 is 2.20 bits per heavy atom. The van der Waals surface area contributed by atoms with E-state index in [0.717, 1.165) is 42.2 Å². The zero-order valence-electron chi connectivity index (χ0n) is 14.2. The topological polar surface area (TPSA) is 63.9 Å². The van der Waals surface area contributed by atoms with E-state index in [2.05, 4.69) is 5.32 Å². The molecule has 1 saturated heterocycles. The summed E-state index contributed by atoms with van der Waals surface area (Å²) in [4.78, 5) is 14.7. The number of benzene rings is 1. The van der Waals surface area contributed by atoms with Gasteiger partial charge in [0.25, 0.3) is 0 Å². The molecule has 0 spiro atoms. The van der Waals surface area contributed by atoms with Gasteiger partial charge in [-0.1, -0.05) is 18.2 Å². The van der Waals surface area contributed by atoms with Gasteiger partial charge in [0.1, 0.15) is 30.5 Å². The lowest BCUT2D eigenvalue weighted by molar-refractivity contribution is 0.155. The molecule has 6 nitrogen and oxygen atoms in total. The molecule has 2 atom stereocenters. The van der Waals surface area contributed by atoms with E-state index in [-0.39, 0.29) is 18.1 Å². The Hall–Kier alpha value is -2.47. The maximum atomic E-state index is 12.8. The van der Waals surface area contributed by atoms with Gasteiger partial charge < -0.3 is 24.1 Å². The van der Waals surface area contributed by atoms with Gasteiger partial charge in [-0.15, -0.1) is 0 Å². The van der Waals surface area contributed by atoms with Crippen molar-refractivity contribution < 1.29 is 18.7 Å². The largest absolute Gasteiger partial charge is 0.491 e. The molecule has 25 heavy (non-hydrogen) atoms. The molecule has 0 saturated carbocycles. The minimum absolute atomic E-state index is 0.0248. The van der Waals surface area contributed by atoms with E-state index >= 15 is 0 Å². The third-order valence-corrected chi connectivity index (χ3v) is 4.81. The molecule has 0 bridgehead atoms. The second kappa shape index (κ2) is 6.80. The molecule has 0 aliphatic carbocycles. The van der Waals surface area contributed by atoms with Crippen LogP contribution < -0.4 is 10.1 Å². The number of amides is 2. The van der Waals surface area contributed by atoms with Crippen LogP contribution in [0.3, 0.4) is 0 Å². The average Bonchev–Trinajstić information content (AvgIpc) is 3.34. The predicted molar refractivity (Wildman–Crippen MR) is 91.3 cm³/mol. The zero-order valence-corrected chi connectivity index (χ0v) is 14.2. The molecule has 6 heteroatoms. The van der Waals surface area contributed by atoms with E-state index in [9.17, 15) is 4.79 Å². The minimum Gasteiger partial charge on any atom is -0.491 e. The van der Waals surface area contributed by atoms with Crippen molar-refractivity contribution in [3.05, 3.63) is 53.5 Å². The van der Waals surface area contributed by atoms with Crippen LogP contribution in [0.25, 0.3) is 0 Å². The molecule has 2 aromatic rings. The zero-order chi connectivity index (χ0) is 17.2. The van der Waals surface area contributed by atoms with E-state index in [1.807, 2.05) is 41.3 Å². The molecule has 132 valence electrons. The number of nitrogens with zero attached hydrogens (tertiary/aromatic N) is 1. The normalized spacial score (nSPS) is 21.9. The SMILES string of the molecule is COCc1ccc([C@@H]2CCCN2C(=O)N[C@@H]2COc3ccccc32)o1. The molecule has 1 aromatic carbocycles. The Morgan fingerprint density at radius 3 is 3.08 bits per heavy atom. The smallest absolute Gasteiger partial charge is 0.318 e. The highest BCUT2D eigenvalue weighted by atomic mass is 16.5. The van der Waals surface area contributed by atoms with Gasteiger partial charge >= 0.3 is 6.03 Å². The van der Waals surface area contributed by atoms with Crippen molar-refractivity contribution in [2.24, 2.45) is 0 Å². The van der Waals surface area contributed by atoms with Crippen molar-refractivity contribution >= 4 is 6.03 Å². The fourth-order valence-corrected chi connectivity index (χ4v) is 3.61. The van der Waals surface area contributed by atoms with Crippen molar-refractivity contribution in [2.45, 2.75) is 31.5 Å². The highest BCUT2D eigenvalue weighted by Gasteiger charge is 2.34. The summed E-state index contributed by atoms with van der Waals surface area (Å²) in [6.45, 7) is 1.64. The van der Waals surface area contributed by atoms with Crippen LogP contribution in [0.2, 0.25) is 0 Å². The first-order valence-electron chi connectivity index (χ1n) is 8.62. The molecule has 2 aliphatic heterocycles. The van der Waals surface area contributed by atoms with Crippen LogP contribution in [-0.4, -0.2) is 31.2 Å². The molecule has 0 unspecified atom stereocenters. The van der Waals surface area contributed by atoms with Crippen molar-refractivity contribution in [3.8, 4) is 5.75 Å². The molecule has 1 aromatic heterocycles. The Bertz CT molecular complexity index is 757. The summed E-state index contributed by atoms with van der Waals surface area (Å²) in [5, 5.41) is 3.10. The number of ether oxygens (including phenoxy) is 2. The van der Waals surface area contributed by atoms with E-state index in [4.69, 9.17) is 13.9 Å². The van der Waals surface area contributed by atoms with Crippen molar-refractivity contribution in [1.82, 2.24) is 10.2 Å². The first-order valence-corrected chi connectivity index (χ1v) is 8.62. The Kier molecular flexibility index (Phi) is 4.36.